The van der Waals surface area contributed by atoms with Gasteiger partial charge >= 0.3 is 21.1 Å². The molecule has 5 aromatic rings. The van der Waals surface area contributed by atoms with Gasteiger partial charge in [0.05, 0.1) is 11.4 Å². The van der Waals surface area contributed by atoms with Gasteiger partial charge in [-0.2, -0.15) is 58.7 Å². The quantitative estimate of drug-likeness (QED) is 0.233. The Kier molecular flexibility index (Phi) is 6.60. The molecule has 0 spiro atoms. The van der Waals surface area contributed by atoms with Gasteiger partial charge in [0.15, 0.2) is 0 Å². The van der Waals surface area contributed by atoms with Gasteiger partial charge in [-0.25, -0.2) is 0 Å². The Bertz CT molecular complexity index is 1370. The molecule has 0 fully saturated rings. The summed E-state index contributed by atoms with van der Waals surface area (Å²) in [4.78, 5) is 0. The van der Waals surface area contributed by atoms with Crippen molar-refractivity contribution >= 4 is 0 Å². The Morgan fingerprint density at radius 2 is 1.44 bits per heavy atom. The summed E-state index contributed by atoms with van der Waals surface area (Å²) >= 11 is 0. The molecule has 0 saturated heterocycles. The third-order valence-electron chi connectivity index (χ3n) is 6.33. The van der Waals surface area contributed by atoms with Crippen molar-refractivity contribution in [2.45, 2.75) is 32.1 Å². The number of hydrogen-bond donors (Lipinski definition) is 0. The van der Waals surface area contributed by atoms with Crippen LogP contribution in [0.15, 0.2) is 85.1 Å². The van der Waals surface area contributed by atoms with Gasteiger partial charge in [0.2, 0.25) is 0 Å². The summed E-state index contributed by atoms with van der Waals surface area (Å²) in [6.07, 6.45) is 7.37. The summed E-state index contributed by atoms with van der Waals surface area (Å²) < 4.78 is 4.04. The first-order valence-corrected chi connectivity index (χ1v) is 11.5. The first-order valence-electron chi connectivity index (χ1n) is 11.5. The van der Waals surface area contributed by atoms with E-state index in [1.807, 2.05) is 53.2 Å². The fraction of sp³-hybridized carbons (Fsp3) is 0.172. The molecule has 6 rings (SSSR count). The van der Waals surface area contributed by atoms with Crippen molar-refractivity contribution in [3.63, 3.8) is 0 Å². The van der Waals surface area contributed by atoms with Crippen molar-refractivity contribution in [2.75, 3.05) is 0 Å². The Hall–Kier alpha value is -3.23. The molecular weight excluding hydrogens is 599 g/mol. The Morgan fingerprint density at radius 3 is 2.18 bits per heavy atom. The summed E-state index contributed by atoms with van der Waals surface area (Å²) in [6, 6.07) is 33.2. The van der Waals surface area contributed by atoms with Gasteiger partial charge in [0.1, 0.15) is 0 Å². The molecule has 0 saturated carbocycles. The number of aromatic nitrogens is 4. The van der Waals surface area contributed by atoms with E-state index < -0.39 is 0 Å². The van der Waals surface area contributed by atoms with Gasteiger partial charge < -0.3 is 0 Å². The summed E-state index contributed by atoms with van der Waals surface area (Å²) in [5, 5.41) is 10.1. The van der Waals surface area contributed by atoms with Crippen LogP contribution < -0.4 is 0 Å². The summed E-state index contributed by atoms with van der Waals surface area (Å²) in [5.41, 5.74) is 9.13. The Balaban J connectivity index is 0.00000241. The van der Waals surface area contributed by atoms with Gasteiger partial charge in [-0.3, -0.25) is 9.36 Å². The van der Waals surface area contributed by atoms with Crippen molar-refractivity contribution in [1.82, 2.24) is 19.6 Å². The predicted molar refractivity (Wildman–Crippen MR) is 130 cm³/mol. The van der Waals surface area contributed by atoms with Crippen LogP contribution in [0.5, 0.6) is 0 Å². The smallest absolute Gasteiger partial charge is 0.265 e. The summed E-state index contributed by atoms with van der Waals surface area (Å²) in [5.74, 6) is 0. The van der Waals surface area contributed by atoms with Crippen LogP contribution in [-0.2, 0) is 40.3 Å². The molecule has 1 aliphatic carbocycles. The van der Waals surface area contributed by atoms with E-state index in [-0.39, 0.29) is 21.1 Å². The predicted octanol–water partition coefficient (Wildman–Crippen LogP) is 5.79. The van der Waals surface area contributed by atoms with E-state index in [1.54, 1.807) is 0 Å². The van der Waals surface area contributed by atoms with Crippen molar-refractivity contribution in [1.29, 1.82) is 0 Å². The Morgan fingerprint density at radius 1 is 0.735 bits per heavy atom. The SMILES string of the molecule is [Pt+2].[c-]1ccccc1-n1cc(-c2ccccc2)c(Cc2nn(-c3[c-]cccc3)c3c2CCCC3)n1. The molecule has 0 radical (unpaired) electrons. The van der Waals surface area contributed by atoms with E-state index in [0.29, 0.717) is 6.42 Å². The minimum Gasteiger partial charge on any atom is -0.265 e. The molecule has 170 valence electrons. The van der Waals surface area contributed by atoms with Crippen LogP contribution in [0.3, 0.4) is 0 Å². The van der Waals surface area contributed by atoms with Crippen molar-refractivity contribution in [3.05, 3.63) is 120 Å². The number of rotatable bonds is 5. The van der Waals surface area contributed by atoms with E-state index in [2.05, 4.69) is 53.3 Å². The largest absolute Gasteiger partial charge is 2.00 e. The zero-order valence-corrected chi connectivity index (χ0v) is 21.0. The average Bonchev–Trinajstić information content (AvgIpc) is 3.48. The first kappa shape index (κ1) is 22.6. The van der Waals surface area contributed by atoms with Crippen molar-refractivity contribution in [2.24, 2.45) is 0 Å². The van der Waals surface area contributed by atoms with E-state index in [1.165, 1.54) is 29.7 Å². The molecule has 0 bridgehead atoms. The fourth-order valence-electron chi connectivity index (χ4n) is 4.74. The number of fused-ring (bicyclic) bond motifs is 1. The third-order valence-corrected chi connectivity index (χ3v) is 6.33. The summed E-state index contributed by atoms with van der Waals surface area (Å²) in [6.45, 7) is 0. The molecule has 0 aliphatic heterocycles. The molecule has 1 aliphatic rings. The molecule has 0 amide bonds. The fourth-order valence-corrected chi connectivity index (χ4v) is 4.74. The molecule has 0 atom stereocenters. The van der Waals surface area contributed by atoms with Crippen LogP contribution in [0.1, 0.15) is 35.5 Å². The van der Waals surface area contributed by atoms with E-state index in [4.69, 9.17) is 10.2 Å². The van der Waals surface area contributed by atoms with Crippen molar-refractivity contribution < 1.29 is 21.1 Å². The van der Waals surface area contributed by atoms with Gasteiger partial charge in [-0.1, -0.05) is 30.3 Å². The van der Waals surface area contributed by atoms with Crippen LogP contribution in [0, 0.1) is 12.1 Å². The number of para-hydroxylation sites is 2. The molecule has 34 heavy (non-hydrogen) atoms. The van der Waals surface area contributed by atoms with Gasteiger partial charge in [0, 0.05) is 23.9 Å². The minimum atomic E-state index is 0. The zero-order chi connectivity index (χ0) is 22.0. The second-order valence-corrected chi connectivity index (χ2v) is 8.46. The maximum atomic E-state index is 5.10. The second-order valence-electron chi connectivity index (χ2n) is 8.46. The van der Waals surface area contributed by atoms with E-state index >= 15 is 0 Å². The molecule has 0 unspecified atom stereocenters. The molecule has 0 N–H and O–H groups in total. The van der Waals surface area contributed by atoms with Crippen LogP contribution in [0.2, 0.25) is 0 Å². The average molecular weight is 624 g/mol. The van der Waals surface area contributed by atoms with Gasteiger partial charge in [-0.05, 0) is 48.2 Å². The third kappa shape index (κ3) is 4.31. The minimum absolute atomic E-state index is 0. The van der Waals surface area contributed by atoms with Gasteiger partial charge in [-0.15, -0.1) is 12.1 Å². The number of hydrogen-bond acceptors (Lipinski definition) is 2. The maximum absolute atomic E-state index is 5.10. The Labute approximate surface area is 214 Å². The van der Waals surface area contributed by atoms with E-state index in [9.17, 15) is 0 Å². The van der Waals surface area contributed by atoms with Crippen LogP contribution in [0.25, 0.3) is 22.5 Å². The normalized spacial score (nSPS) is 12.7. The monoisotopic (exact) mass is 623 g/mol. The van der Waals surface area contributed by atoms with Crippen LogP contribution >= 0.6 is 0 Å². The molecule has 2 aromatic heterocycles. The zero-order valence-electron chi connectivity index (χ0n) is 18.7. The van der Waals surface area contributed by atoms with E-state index in [0.717, 1.165) is 41.2 Å². The molecule has 2 heterocycles. The summed E-state index contributed by atoms with van der Waals surface area (Å²) in [7, 11) is 0. The molecular formula is C29H24N4Pt. The second kappa shape index (κ2) is 9.95. The van der Waals surface area contributed by atoms with Crippen LogP contribution in [-0.4, -0.2) is 19.6 Å². The molecule has 4 nitrogen and oxygen atoms in total. The van der Waals surface area contributed by atoms with Crippen molar-refractivity contribution in [3.8, 4) is 22.5 Å². The standard InChI is InChI=1S/C29H24N4.Pt/c1-4-12-22(13-5-1)26-21-32(23-14-6-2-7-15-23)30-28(26)20-27-25-18-10-11-19-29(25)33(31-27)24-16-8-3-9-17-24;/h1-9,12-14,16,21H,10-11,18-20H2;/q-2;+2. The molecule has 5 heteroatoms. The molecule has 3 aromatic carbocycles. The van der Waals surface area contributed by atoms with Gasteiger partial charge in [0.25, 0.3) is 0 Å². The van der Waals surface area contributed by atoms with Crippen LogP contribution in [0.4, 0.5) is 0 Å². The first-order chi connectivity index (χ1) is 16.4. The maximum Gasteiger partial charge on any atom is 2.00 e. The number of nitrogens with zero attached hydrogens (tertiary/aromatic N) is 4. The number of benzene rings is 3. The topological polar surface area (TPSA) is 35.6 Å².